The lowest BCUT2D eigenvalue weighted by Crippen LogP contribution is -2.50. The van der Waals surface area contributed by atoms with Crippen molar-refractivity contribution in [3.63, 3.8) is 0 Å². The van der Waals surface area contributed by atoms with Gasteiger partial charge >= 0.3 is 12.2 Å². The summed E-state index contributed by atoms with van der Waals surface area (Å²) in [6.45, 7) is 0. The number of carbonyl (C=O) groups excluding carboxylic acids is 1. The molecule has 0 aliphatic heterocycles. The molecule has 1 unspecified atom stereocenters. The number of halogens is 3. The van der Waals surface area contributed by atoms with Crippen molar-refractivity contribution in [2.45, 2.75) is 37.9 Å². The molecule has 8 heteroatoms. The summed E-state index contributed by atoms with van der Waals surface area (Å²) >= 11 is 0. The van der Waals surface area contributed by atoms with Crippen LogP contribution in [0.5, 0.6) is 0 Å². The SMILES string of the molecule is Cn1ccc(NC(=O)NC(C2CCCC2)C(F)(F)F)n1. The highest BCUT2D eigenvalue weighted by Crippen LogP contribution is 2.35. The van der Waals surface area contributed by atoms with Crippen molar-refractivity contribution in [1.29, 1.82) is 0 Å². The second-order valence-electron chi connectivity index (χ2n) is 5.04. The Morgan fingerprint density at radius 2 is 2.10 bits per heavy atom. The van der Waals surface area contributed by atoms with Gasteiger partial charge in [-0.3, -0.25) is 10.00 Å². The monoisotopic (exact) mass is 290 g/mol. The third-order valence-electron chi connectivity index (χ3n) is 3.47. The van der Waals surface area contributed by atoms with Crippen molar-refractivity contribution < 1.29 is 18.0 Å². The van der Waals surface area contributed by atoms with Gasteiger partial charge < -0.3 is 5.32 Å². The number of rotatable bonds is 3. The van der Waals surface area contributed by atoms with Gasteiger partial charge in [-0.1, -0.05) is 12.8 Å². The Labute approximate surface area is 114 Å². The number of urea groups is 1. The molecule has 1 aromatic rings. The number of nitrogens with zero attached hydrogens (tertiary/aromatic N) is 2. The standard InChI is InChI=1S/C12H17F3N4O/c1-19-7-6-9(18-19)16-11(20)17-10(12(13,14)15)8-4-2-3-5-8/h6-8,10H,2-5H2,1H3,(H2,16,17,18,20). The lowest BCUT2D eigenvalue weighted by atomic mass is 9.98. The number of aromatic nitrogens is 2. The van der Waals surface area contributed by atoms with Crippen LogP contribution in [-0.2, 0) is 7.05 Å². The minimum Gasteiger partial charge on any atom is -0.326 e. The molecule has 2 amide bonds. The largest absolute Gasteiger partial charge is 0.408 e. The molecule has 5 nitrogen and oxygen atoms in total. The third-order valence-corrected chi connectivity index (χ3v) is 3.47. The fourth-order valence-electron chi connectivity index (χ4n) is 2.53. The first kappa shape index (κ1) is 14.7. The lowest BCUT2D eigenvalue weighted by molar-refractivity contribution is -0.164. The number of hydrogen-bond donors (Lipinski definition) is 2. The van der Waals surface area contributed by atoms with Crippen LogP contribution < -0.4 is 10.6 Å². The van der Waals surface area contributed by atoms with Crippen LogP contribution in [0.15, 0.2) is 12.3 Å². The van der Waals surface area contributed by atoms with E-state index in [1.165, 1.54) is 10.7 Å². The molecule has 2 N–H and O–H groups in total. The predicted molar refractivity (Wildman–Crippen MR) is 67.2 cm³/mol. The van der Waals surface area contributed by atoms with E-state index in [1.54, 1.807) is 13.2 Å². The van der Waals surface area contributed by atoms with Crippen molar-refractivity contribution in [1.82, 2.24) is 15.1 Å². The smallest absolute Gasteiger partial charge is 0.326 e. The molecule has 1 saturated carbocycles. The second kappa shape index (κ2) is 5.72. The number of carbonyl (C=O) groups is 1. The summed E-state index contributed by atoms with van der Waals surface area (Å²) < 4.78 is 40.5. The average Bonchev–Trinajstić information content (AvgIpc) is 2.96. The molecular formula is C12H17F3N4O. The Bertz CT molecular complexity index is 466. The summed E-state index contributed by atoms with van der Waals surface area (Å²) in [5.74, 6) is -0.318. The van der Waals surface area contributed by atoms with Crippen LogP contribution in [0.2, 0.25) is 0 Å². The quantitative estimate of drug-likeness (QED) is 0.899. The average molecular weight is 290 g/mol. The zero-order valence-corrected chi connectivity index (χ0v) is 11.1. The Balaban J connectivity index is 1.98. The molecule has 1 aromatic heterocycles. The first-order chi connectivity index (χ1) is 9.36. The molecule has 1 aliphatic rings. The minimum atomic E-state index is -4.43. The number of anilines is 1. The topological polar surface area (TPSA) is 59.0 Å². The minimum absolute atomic E-state index is 0.220. The molecule has 2 rings (SSSR count). The van der Waals surface area contributed by atoms with Gasteiger partial charge in [0, 0.05) is 19.3 Å². The molecule has 1 aliphatic carbocycles. The lowest BCUT2D eigenvalue weighted by Gasteiger charge is -2.26. The molecule has 0 bridgehead atoms. The number of aryl methyl sites for hydroxylation is 1. The highest BCUT2D eigenvalue weighted by Gasteiger charge is 2.46. The van der Waals surface area contributed by atoms with E-state index in [2.05, 4.69) is 10.4 Å². The van der Waals surface area contributed by atoms with Crippen LogP contribution in [0.1, 0.15) is 25.7 Å². The van der Waals surface area contributed by atoms with Crippen LogP contribution in [0.25, 0.3) is 0 Å². The first-order valence-electron chi connectivity index (χ1n) is 6.50. The molecule has 1 atom stereocenters. The maximum absolute atomic E-state index is 13.0. The fraction of sp³-hybridized carbons (Fsp3) is 0.667. The fourth-order valence-corrected chi connectivity index (χ4v) is 2.53. The molecular weight excluding hydrogens is 273 g/mol. The van der Waals surface area contributed by atoms with Crippen LogP contribution in [0.4, 0.5) is 23.8 Å². The number of amides is 2. The van der Waals surface area contributed by atoms with E-state index in [1.807, 2.05) is 5.32 Å². The van der Waals surface area contributed by atoms with Crippen molar-refractivity contribution >= 4 is 11.8 Å². The number of alkyl halides is 3. The summed E-state index contributed by atoms with van der Waals surface area (Å²) in [6.07, 6.45) is -0.298. The van der Waals surface area contributed by atoms with E-state index in [-0.39, 0.29) is 5.82 Å². The van der Waals surface area contributed by atoms with E-state index in [9.17, 15) is 18.0 Å². The summed E-state index contributed by atoms with van der Waals surface area (Å²) in [6, 6.07) is -1.16. The van der Waals surface area contributed by atoms with E-state index in [4.69, 9.17) is 0 Å². The first-order valence-corrected chi connectivity index (χ1v) is 6.50. The molecule has 1 heterocycles. The Kier molecular flexibility index (Phi) is 4.20. The summed E-state index contributed by atoms with van der Waals surface area (Å²) in [5, 5.41) is 8.22. The van der Waals surface area contributed by atoms with Crippen molar-refractivity contribution in [3.8, 4) is 0 Å². The third kappa shape index (κ3) is 3.64. The zero-order chi connectivity index (χ0) is 14.8. The van der Waals surface area contributed by atoms with Gasteiger partial charge in [0.2, 0.25) is 0 Å². The van der Waals surface area contributed by atoms with Gasteiger partial charge in [-0.2, -0.15) is 18.3 Å². The van der Waals surface area contributed by atoms with Crippen LogP contribution in [-0.4, -0.2) is 28.0 Å². The molecule has 0 spiro atoms. The second-order valence-corrected chi connectivity index (χ2v) is 5.04. The highest BCUT2D eigenvalue weighted by atomic mass is 19.4. The summed E-state index contributed by atoms with van der Waals surface area (Å²) in [5.41, 5.74) is 0. The Hall–Kier alpha value is -1.73. The highest BCUT2D eigenvalue weighted by molar-refractivity contribution is 5.88. The van der Waals surface area contributed by atoms with Gasteiger partial charge in [-0.25, -0.2) is 4.79 Å². The van der Waals surface area contributed by atoms with Crippen LogP contribution >= 0.6 is 0 Å². The molecule has 20 heavy (non-hydrogen) atoms. The normalized spacial score (nSPS) is 18.0. The number of hydrogen-bond acceptors (Lipinski definition) is 2. The molecule has 112 valence electrons. The van der Waals surface area contributed by atoms with Gasteiger partial charge in [0.1, 0.15) is 6.04 Å². The van der Waals surface area contributed by atoms with Crippen molar-refractivity contribution in [2.24, 2.45) is 13.0 Å². The molecule has 0 radical (unpaired) electrons. The predicted octanol–water partition coefficient (Wildman–Crippen LogP) is 2.66. The van der Waals surface area contributed by atoms with Gasteiger partial charge in [-0.05, 0) is 18.8 Å². The van der Waals surface area contributed by atoms with Crippen molar-refractivity contribution in [3.05, 3.63) is 12.3 Å². The maximum atomic E-state index is 13.0. The van der Waals surface area contributed by atoms with Gasteiger partial charge in [0.15, 0.2) is 5.82 Å². The molecule has 1 fully saturated rings. The zero-order valence-electron chi connectivity index (χ0n) is 11.1. The Morgan fingerprint density at radius 3 is 2.60 bits per heavy atom. The molecule has 0 saturated heterocycles. The van der Waals surface area contributed by atoms with Crippen LogP contribution in [0.3, 0.4) is 0 Å². The van der Waals surface area contributed by atoms with E-state index >= 15 is 0 Å². The van der Waals surface area contributed by atoms with E-state index in [0.717, 1.165) is 12.8 Å². The van der Waals surface area contributed by atoms with Crippen molar-refractivity contribution in [2.75, 3.05) is 5.32 Å². The molecule has 0 aromatic carbocycles. The van der Waals surface area contributed by atoms with Gasteiger partial charge in [0.05, 0.1) is 0 Å². The summed E-state index contributed by atoms with van der Waals surface area (Å²) in [7, 11) is 1.65. The Morgan fingerprint density at radius 1 is 1.45 bits per heavy atom. The van der Waals surface area contributed by atoms with E-state index in [0.29, 0.717) is 12.8 Å². The summed E-state index contributed by atoms with van der Waals surface area (Å²) in [4.78, 5) is 11.7. The van der Waals surface area contributed by atoms with E-state index < -0.39 is 24.2 Å². The van der Waals surface area contributed by atoms with Gasteiger partial charge in [-0.15, -0.1) is 0 Å². The number of nitrogens with one attached hydrogen (secondary N) is 2. The van der Waals surface area contributed by atoms with Crippen LogP contribution in [0, 0.1) is 5.92 Å². The van der Waals surface area contributed by atoms with Gasteiger partial charge in [0.25, 0.3) is 0 Å². The maximum Gasteiger partial charge on any atom is 0.408 e.